The summed E-state index contributed by atoms with van der Waals surface area (Å²) >= 11 is 2.34. The van der Waals surface area contributed by atoms with Gasteiger partial charge in [0.05, 0.1) is 23.6 Å². The van der Waals surface area contributed by atoms with E-state index in [-0.39, 0.29) is 23.2 Å². The van der Waals surface area contributed by atoms with Crippen molar-refractivity contribution in [3.63, 3.8) is 0 Å². The molecule has 2 aromatic carbocycles. The van der Waals surface area contributed by atoms with Gasteiger partial charge in [0.15, 0.2) is 22.0 Å². The topological polar surface area (TPSA) is 149 Å². The van der Waals surface area contributed by atoms with Gasteiger partial charge >= 0.3 is 0 Å². The normalized spacial score (nSPS) is 12.6. The molecule has 0 aliphatic carbocycles. The Labute approximate surface area is 203 Å². The molecular formula is C22H18N8O2S2. The minimum absolute atomic E-state index is 0.0907. The van der Waals surface area contributed by atoms with E-state index in [1.54, 1.807) is 9.13 Å². The van der Waals surface area contributed by atoms with E-state index in [4.69, 9.17) is 10.5 Å². The smallest absolute Gasteiger partial charge is 0.196 e. The number of aromatic nitrogens is 6. The van der Waals surface area contributed by atoms with Crippen LogP contribution in [-0.4, -0.2) is 51.2 Å². The van der Waals surface area contributed by atoms with Gasteiger partial charge in [-0.15, -0.1) is 20.4 Å². The lowest BCUT2D eigenvalue weighted by atomic mass is 10.1. The van der Waals surface area contributed by atoms with Gasteiger partial charge < -0.3 is 10.2 Å². The molecular weight excluding hydrogens is 472 g/mol. The molecule has 0 saturated heterocycles. The average Bonchev–Trinajstić information content (AvgIpc) is 3.50. The molecule has 0 radical (unpaired) electrons. The van der Waals surface area contributed by atoms with Crippen LogP contribution in [-0.2, 0) is 0 Å². The molecule has 10 nitrogen and oxygen atoms in total. The number of nitriles is 2. The van der Waals surface area contributed by atoms with Gasteiger partial charge in [-0.05, 0) is 24.3 Å². The highest BCUT2D eigenvalue weighted by atomic mass is 32.2. The van der Waals surface area contributed by atoms with Crippen molar-refractivity contribution in [2.45, 2.75) is 22.5 Å². The summed E-state index contributed by atoms with van der Waals surface area (Å²) in [6, 6.07) is 22.3. The van der Waals surface area contributed by atoms with Crippen molar-refractivity contribution < 1.29 is 10.2 Å². The first-order valence-electron chi connectivity index (χ1n) is 10.0. The van der Waals surface area contributed by atoms with Crippen LogP contribution in [0.3, 0.4) is 0 Å². The Hall–Kier alpha value is -3.68. The van der Waals surface area contributed by atoms with Crippen molar-refractivity contribution in [1.29, 1.82) is 10.5 Å². The Balaban J connectivity index is 1.76. The fourth-order valence-corrected chi connectivity index (χ4v) is 4.49. The Bertz CT molecular complexity index is 1220. The van der Waals surface area contributed by atoms with Crippen LogP contribution in [0.4, 0.5) is 0 Å². The maximum absolute atomic E-state index is 11.2. The second kappa shape index (κ2) is 11.0. The minimum Gasteiger partial charge on any atom is -0.382 e. The van der Waals surface area contributed by atoms with Crippen molar-refractivity contribution >= 4 is 23.5 Å². The standard InChI is InChI=1S/C22H18N8O2S2/c23-11-13-33-21-27-25-19(29(21)15-7-3-1-4-8-15)17(31)18(32)20-26-28-22(34-14-12-24)30(20)16-9-5-2-6-10-16/h1-10,17-18,31-32H,13-14H2/t17-,18-/m1/s1. The van der Waals surface area contributed by atoms with Crippen molar-refractivity contribution in [3.05, 3.63) is 72.3 Å². The van der Waals surface area contributed by atoms with Gasteiger partial charge in [0.2, 0.25) is 0 Å². The summed E-state index contributed by atoms with van der Waals surface area (Å²) in [6.45, 7) is 0. The van der Waals surface area contributed by atoms with Crippen molar-refractivity contribution in [1.82, 2.24) is 29.5 Å². The molecule has 34 heavy (non-hydrogen) atoms. The number of benzene rings is 2. The Morgan fingerprint density at radius 2 is 1.06 bits per heavy atom. The summed E-state index contributed by atoms with van der Waals surface area (Å²) in [4.78, 5) is 0. The first kappa shape index (κ1) is 23.5. The molecule has 2 aromatic heterocycles. The van der Waals surface area contributed by atoms with Crippen LogP contribution in [0, 0.1) is 22.7 Å². The largest absolute Gasteiger partial charge is 0.382 e. The van der Waals surface area contributed by atoms with E-state index in [0.717, 1.165) is 0 Å². The highest BCUT2D eigenvalue weighted by molar-refractivity contribution is 7.99. The zero-order chi connectivity index (χ0) is 23.9. The number of hydrogen-bond acceptors (Lipinski definition) is 10. The second-order valence-corrected chi connectivity index (χ2v) is 8.69. The van der Waals surface area contributed by atoms with Crippen molar-refractivity contribution in [3.8, 4) is 23.5 Å². The third-order valence-corrected chi connectivity index (χ3v) is 6.30. The van der Waals surface area contributed by atoms with Gasteiger partial charge in [-0.1, -0.05) is 59.9 Å². The van der Waals surface area contributed by atoms with Crippen LogP contribution in [0.25, 0.3) is 11.4 Å². The van der Waals surface area contributed by atoms with Gasteiger partial charge in [-0.3, -0.25) is 9.13 Å². The Kier molecular flexibility index (Phi) is 7.57. The predicted octanol–water partition coefficient (Wildman–Crippen LogP) is 2.85. The van der Waals surface area contributed by atoms with E-state index in [1.807, 2.05) is 60.7 Å². The molecule has 0 saturated carbocycles. The summed E-state index contributed by atoms with van der Waals surface area (Å²) in [7, 11) is 0. The van der Waals surface area contributed by atoms with Gasteiger partial charge in [-0.2, -0.15) is 10.5 Å². The summed E-state index contributed by atoms with van der Waals surface area (Å²) in [5.41, 5.74) is 1.34. The molecule has 0 bridgehead atoms. The SMILES string of the molecule is N#CCSc1nnc([C@H](O)[C@@H](O)c2nnc(SCC#N)n2-c2ccccc2)n1-c1ccccc1. The molecule has 0 amide bonds. The van der Waals surface area contributed by atoms with Gasteiger partial charge in [0, 0.05) is 11.4 Å². The minimum atomic E-state index is -1.51. The molecule has 0 aliphatic heterocycles. The molecule has 0 unspecified atom stereocenters. The van der Waals surface area contributed by atoms with E-state index in [1.165, 1.54) is 23.5 Å². The maximum atomic E-state index is 11.2. The fraction of sp³-hybridized carbons (Fsp3) is 0.182. The molecule has 2 N–H and O–H groups in total. The number of rotatable bonds is 9. The van der Waals surface area contributed by atoms with Crippen molar-refractivity contribution in [2.75, 3.05) is 11.5 Å². The molecule has 0 spiro atoms. The highest BCUT2D eigenvalue weighted by Gasteiger charge is 2.32. The molecule has 12 heteroatoms. The third kappa shape index (κ3) is 4.81. The highest BCUT2D eigenvalue weighted by Crippen LogP contribution is 2.33. The average molecular weight is 491 g/mol. The monoisotopic (exact) mass is 490 g/mol. The third-order valence-electron chi connectivity index (χ3n) is 4.71. The van der Waals surface area contributed by atoms with E-state index < -0.39 is 12.2 Å². The Morgan fingerprint density at radius 1 is 0.676 bits per heavy atom. The molecule has 0 fully saturated rings. The number of thioether (sulfide) groups is 2. The zero-order valence-electron chi connectivity index (χ0n) is 17.6. The van der Waals surface area contributed by atoms with Crippen LogP contribution in [0.5, 0.6) is 0 Å². The van der Waals surface area contributed by atoms with E-state index in [0.29, 0.717) is 21.7 Å². The fourth-order valence-electron chi connectivity index (χ4n) is 3.25. The van der Waals surface area contributed by atoms with E-state index in [2.05, 4.69) is 32.5 Å². The van der Waals surface area contributed by atoms with Crippen molar-refractivity contribution in [2.24, 2.45) is 0 Å². The number of aliphatic hydroxyl groups is 2. The maximum Gasteiger partial charge on any atom is 0.196 e. The number of hydrogen-bond donors (Lipinski definition) is 2. The van der Waals surface area contributed by atoms with Gasteiger partial charge in [0.1, 0.15) is 12.2 Å². The molecule has 2 heterocycles. The van der Waals surface area contributed by atoms with Crippen LogP contribution < -0.4 is 0 Å². The summed E-state index contributed by atoms with van der Waals surface area (Å²) in [6.07, 6.45) is -3.02. The number of para-hydroxylation sites is 2. The number of nitrogens with zero attached hydrogens (tertiary/aromatic N) is 8. The van der Waals surface area contributed by atoms with Gasteiger partial charge in [-0.25, -0.2) is 0 Å². The lowest BCUT2D eigenvalue weighted by Gasteiger charge is -2.19. The summed E-state index contributed by atoms with van der Waals surface area (Å²) < 4.78 is 3.20. The Morgan fingerprint density at radius 3 is 1.41 bits per heavy atom. The number of aliphatic hydroxyl groups excluding tert-OH is 2. The van der Waals surface area contributed by atoms with Crippen LogP contribution >= 0.6 is 23.5 Å². The predicted molar refractivity (Wildman–Crippen MR) is 125 cm³/mol. The molecule has 2 atom stereocenters. The van der Waals surface area contributed by atoms with Crippen LogP contribution in [0.1, 0.15) is 23.9 Å². The van der Waals surface area contributed by atoms with E-state index in [9.17, 15) is 10.2 Å². The van der Waals surface area contributed by atoms with E-state index >= 15 is 0 Å². The lowest BCUT2D eigenvalue weighted by molar-refractivity contribution is 0.00399. The first-order valence-corrected chi connectivity index (χ1v) is 12.0. The molecule has 170 valence electrons. The van der Waals surface area contributed by atoms with Crippen LogP contribution in [0.2, 0.25) is 0 Å². The zero-order valence-corrected chi connectivity index (χ0v) is 19.3. The molecule has 0 aliphatic rings. The quantitative estimate of drug-likeness (QED) is 0.335. The van der Waals surface area contributed by atoms with Crippen LogP contribution in [0.15, 0.2) is 71.0 Å². The summed E-state index contributed by atoms with van der Waals surface area (Å²) in [5.74, 6) is 0.470. The molecule has 4 aromatic rings. The second-order valence-electron chi connectivity index (χ2n) is 6.81. The first-order chi connectivity index (χ1) is 16.7. The summed E-state index contributed by atoms with van der Waals surface area (Å²) in [5, 5.41) is 57.7. The van der Waals surface area contributed by atoms with Gasteiger partial charge in [0.25, 0.3) is 0 Å². The lowest BCUT2D eigenvalue weighted by Crippen LogP contribution is -2.19. The molecule has 4 rings (SSSR count).